The summed E-state index contributed by atoms with van der Waals surface area (Å²) in [6.45, 7) is 5.25. The van der Waals surface area contributed by atoms with Crippen molar-refractivity contribution < 1.29 is 4.74 Å². The maximum Gasteiger partial charge on any atom is 0.0910 e. The molecule has 0 aliphatic heterocycles. The van der Waals surface area contributed by atoms with Crippen molar-refractivity contribution in [2.24, 2.45) is 18.9 Å². The van der Waals surface area contributed by atoms with Crippen molar-refractivity contribution in [2.75, 3.05) is 0 Å². The molecule has 0 radical (unpaired) electrons. The second-order valence-electron chi connectivity index (χ2n) is 4.89. The zero-order chi connectivity index (χ0) is 10.8. The molecule has 0 N–H and O–H groups in total. The van der Waals surface area contributed by atoms with E-state index in [1.807, 2.05) is 24.0 Å². The van der Waals surface area contributed by atoms with E-state index in [0.717, 1.165) is 17.5 Å². The highest BCUT2D eigenvalue weighted by atomic mass is 16.5. The second kappa shape index (κ2) is 4.35. The number of nitrogens with zero attached hydrogens (tertiary/aromatic N) is 2. The van der Waals surface area contributed by atoms with Gasteiger partial charge in [-0.2, -0.15) is 5.10 Å². The standard InChI is InChI=1S/C12H20N2O/c1-9(2)10-6-12(7-10)15-8-11-4-5-14(3)13-11/h4-5,9-10,12H,6-8H2,1-3H3. The minimum Gasteiger partial charge on any atom is -0.372 e. The van der Waals surface area contributed by atoms with Gasteiger partial charge in [-0.1, -0.05) is 13.8 Å². The van der Waals surface area contributed by atoms with Crippen molar-refractivity contribution in [3.63, 3.8) is 0 Å². The zero-order valence-electron chi connectivity index (χ0n) is 9.81. The highest BCUT2D eigenvalue weighted by molar-refractivity contribution is 4.97. The van der Waals surface area contributed by atoms with Gasteiger partial charge in [-0.3, -0.25) is 4.68 Å². The number of hydrogen-bond acceptors (Lipinski definition) is 2. The van der Waals surface area contributed by atoms with Crippen LogP contribution in [0, 0.1) is 11.8 Å². The first-order valence-corrected chi connectivity index (χ1v) is 5.75. The van der Waals surface area contributed by atoms with Crippen molar-refractivity contribution in [3.05, 3.63) is 18.0 Å². The first-order chi connectivity index (χ1) is 7.15. The third-order valence-electron chi connectivity index (χ3n) is 3.31. The molecule has 3 nitrogen and oxygen atoms in total. The van der Waals surface area contributed by atoms with Crippen LogP contribution in [0.4, 0.5) is 0 Å². The van der Waals surface area contributed by atoms with E-state index in [1.165, 1.54) is 12.8 Å². The third kappa shape index (κ3) is 2.59. The van der Waals surface area contributed by atoms with E-state index in [0.29, 0.717) is 12.7 Å². The summed E-state index contributed by atoms with van der Waals surface area (Å²) in [6, 6.07) is 2.01. The summed E-state index contributed by atoms with van der Waals surface area (Å²) < 4.78 is 7.60. The van der Waals surface area contributed by atoms with Gasteiger partial charge >= 0.3 is 0 Å². The zero-order valence-corrected chi connectivity index (χ0v) is 9.81. The predicted molar refractivity (Wildman–Crippen MR) is 59.3 cm³/mol. The quantitative estimate of drug-likeness (QED) is 0.759. The number of aryl methyl sites for hydroxylation is 1. The smallest absolute Gasteiger partial charge is 0.0910 e. The van der Waals surface area contributed by atoms with Gasteiger partial charge in [-0.15, -0.1) is 0 Å². The lowest BCUT2D eigenvalue weighted by Crippen LogP contribution is -2.34. The average Bonchev–Trinajstić information content (AvgIpc) is 2.48. The van der Waals surface area contributed by atoms with Gasteiger partial charge in [0.15, 0.2) is 0 Å². The fraction of sp³-hybridized carbons (Fsp3) is 0.750. The van der Waals surface area contributed by atoms with Gasteiger partial charge in [0.1, 0.15) is 0 Å². The van der Waals surface area contributed by atoms with Crippen LogP contribution < -0.4 is 0 Å². The molecule has 3 heteroatoms. The maximum atomic E-state index is 5.78. The molecule has 0 amide bonds. The molecule has 2 rings (SSSR count). The Morgan fingerprint density at radius 2 is 2.27 bits per heavy atom. The Labute approximate surface area is 91.4 Å². The largest absolute Gasteiger partial charge is 0.372 e. The van der Waals surface area contributed by atoms with Crippen LogP contribution in [-0.4, -0.2) is 15.9 Å². The van der Waals surface area contributed by atoms with Crippen LogP contribution in [0.2, 0.25) is 0 Å². The van der Waals surface area contributed by atoms with Crippen LogP contribution in [0.25, 0.3) is 0 Å². The van der Waals surface area contributed by atoms with E-state index in [2.05, 4.69) is 18.9 Å². The molecule has 0 spiro atoms. The molecular formula is C12H20N2O. The monoisotopic (exact) mass is 208 g/mol. The van der Waals surface area contributed by atoms with Gasteiger partial charge in [0.25, 0.3) is 0 Å². The Kier molecular flexibility index (Phi) is 3.10. The minimum atomic E-state index is 0.472. The number of ether oxygens (including phenoxy) is 1. The van der Waals surface area contributed by atoms with E-state index in [1.54, 1.807) is 0 Å². The second-order valence-corrected chi connectivity index (χ2v) is 4.89. The lowest BCUT2D eigenvalue weighted by Gasteiger charge is -2.37. The summed E-state index contributed by atoms with van der Waals surface area (Å²) in [5, 5.41) is 4.29. The van der Waals surface area contributed by atoms with E-state index in [9.17, 15) is 0 Å². The Hall–Kier alpha value is -0.830. The topological polar surface area (TPSA) is 27.1 Å². The minimum absolute atomic E-state index is 0.472. The van der Waals surface area contributed by atoms with E-state index in [4.69, 9.17) is 4.74 Å². The van der Waals surface area contributed by atoms with Gasteiger partial charge in [0.2, 0.25) is 0 Å². The highest BCUT2D eigenvalue weighted by Gasteiger charge is 2.31. The van der Waals surface area contributed by atoms with Crippen molar-refractivity contribution in [2.45, 2.75) is 39.4 Å². The molecule has 15 heavy (non-hydrogen) atoms. The van der Waals surface area contributed by atoms with Crippen LogP contribution in [0.1, 0.15) is 32.4 Å². The molecule has 1 aliphatic rings. The summed E-state index contributed by atoms with van der Waals surface area (Å²) in [4.78, 5) is 0. The van der Waals surface area contributed by atoms with Crippen molar-refractivity contribution in [1.29, 1.82) is 0 Å². The Balaban J connectivity index is 1.68. The molecule has 0 aromatic carbocycles. The van der Waals surface area contributed by atoms with Crippen molar-refractivity contribution in [1.82, 2.24) is 9.78 Å². The summed E-state index contributed by atoms with van der Waals surface area (Å²) in [5.74, 6) is 1.68. The van der Waals surface area contributed by atoms with Crippen molar-refractivity contribution >= 4 is 0 Å². The number of rotatable bonds is 4. The Morgan fingerprint density at radius 3 is 2.80 bits per heavy atom. The molecule has 0 saturated heterocycles. The van der Waals surface area contributed by atoms with E-state index >= 15 is 0 Å². The lowest BCUT2D eigenvalue weighted by atomic mass is 9.75. The van der Waals surface area contributed by atoms with Gasteiger partial charge < -0.3 is 4.74 Å². The van der Waals surface area contributed by atoms with Gasteiger partial charge in [0, 0.05) is 13.2 Å². The number of aromatic nitrogens is 2. The van der Waals surface area contributed by atoms with Crippen LogP contribution >= 0.6 is 0 Å². The summed E-state index contributed by atoms with van der Waals surface area (Å²) in [5.41, 5.74) is 1.03. The fourth-order valence-corrected chi connectivity index (χ4v) is 2.03. The highest BCUT2D eigenvalue weighted by Crippen LogP contribution is 2.35. The molecule has 1 fully saturated rings. The molecule has 0 bridgehead atoms. The fourth-order valence-electron chi connectivity index (χ4n) is 2.03. The van der Waals surface area contributed by atoms with E-state index in [-0.39, 0.29) is 0 Å². The molecule has 1 heterocycles. The SMILES string of the molecule is CC(C)C1CC(OCc2ccn(C)n2)C1. The van der Waals surface area contributed by atoms with Crippen LogP contribution in [-0.2, 0) is 18.4 Å². The summed E-state index contributed by atoms with van der Waals surface area (Å²) >= 11 is 0. The van der Waals surface area contributed by atoms with Crippen LogP contribution in [0.3, 0.4) is 0 Å². The van der Waals surface area contributed by atoms with Gasteiger partial charge in [-0.25, -0.2) is 0 Å². The third-order valence-corrected chi connectivity index (χ3v) is 3.31. The summed E-state index contributed by atoms with van der Waals surface area (Å²) in [6.07, 6.45) is 4.88. The normalized spacial score (nSPS) is 25.6. The van der Waals surface area contributed by atoms with Crippen molar-refractivity contribution in [3.8, 4) is 0 Å². The van der Waals surface area contributed by atoms with Gasteiger partial charge in [0.05, 0.1) is 18.4 Å². The first-order valence-electron chi connectivity index (χ1n) is 5.75. The van der Waals surface area contributed by atoms with Crippen LogP contribution in [0.15, 0.2) is 12.3 Å². The van der Waals surface area contributed by atoms with Gasteiger partial charge in [-0.05, 0) is 30.7 Å². The molecule has 1 aromatic rings. The number of hydrogen-bond donors (Lipinski definition) is 0. The average molecular weight is 208 g/mol. The van der Waals surface area contributed by atoms with Crippen LogP contribution in [0.5, 0.6) is 0 Å². The molecule has 0 unspecified atom stereocenters. The molecule has 1 aromatic heterocycles. The Bertz CT molecular complexity index is 313. The molecule has 84 valence electrons. The van der Waals surface area contributed by atoms with E-state index < -0.39 is 0 Å². The Morgan fingerprint density at radius 1 is 1.53 bits per heavy atom. The summed E-state index contributed by atoms with van der Waals surface area (Å²) in [7, 11) is 1.93. The molecular weight excluding hydrogens is 188 g/mol. The lowest BCUT2D eigenvalue weighted by molar-refractivity contribution is -0.0530. The molecule has 0 atom stereocenters. The molecule has 1 aliphatic carbocycles. The first kappa shape index (κ1) is 10.7. The molecule has 1 saturated carbocycles. The predicted octanol–water partition coefficient (Wildman–Crippen LogP) is 2.37. The maximum absolute atomic E-state index is 5.78.